The summed E-state index contributed by atoms with van der Waals surface area (Å²) in [5, 5.41) is 0. The van der Waals surface area contributed by atoms with E-state index in [0.717, 1.165) is 12.3 Å². The lowest BCUT2D eigenvalue weighted by Gasteiger charge is -2.20. The van der Waals surface area contributed by atoms with Crippen molar-refractivity contribution < 1.29 is 0 Å². The lowest BCUT2D eigenvalue weighted by molar-refractivity contribution is 0.441. The Balaban J connectivity index is 2.68. The van der Waals surface area contributed by atoms with E-state index in [1.54, 1.807) is 0 Å². The van der Waals surface area contributed by atoms with Crippen molar-refractivity contribution in [2.24, 2.45) is 11.8 Å². The SMILES string of the molecule is C#CC1=CC(C)CC(C)C1. The van der Waals surface area contributed by atoms with Gasteiger partial charge in [-0.25, -0.2) is 0 Å². The Bertz CT molecular complexity index is 181. The number of hydrogen-bond acceptors (Lipinski definition) is 0. The van der Waals surface area contributed by atoms with Crippen molar-refractivity contribution in [3.63, 3.8) is 0 Å². The first kappa shape index (κ1) is 7.41. The van der Waals surface area contributed by atoms with Gasteiger partial charge in [-0.1, -0.05) is 25.8 Å². The molecule has 0 radical (unpaired) electrons. The molecule has 1 aliphatic carbocycles. The second-order valence-corrected chi connectivity index (χ2v) is 3.36. The van der Waals surface area contributed by atoms with Crippen LogP contribution in [0.4, 0.5) is 0 Å². The first-order chi connectivity index (χ1) is 4.72. The van der Waals surface area contributed by atoms with Gasteiger partial charge in [0.05, 0.1) is 0 Å². The second kappa shape index (κ2) is 2.92. The van der Waals surface area contributed by atoms with Crippen LogP contribution in [0.5, 0.6) is 0 Å². The van der Waals surface area contributed by atoms with Gasteiger partial charge in [0.15, 0.2) is 0 Å². The highest BCUT2D eigenvalue weighted by molar-refractivity contribution is 5.27. The third-order valence-electron chi connectivity index (χ3n) is 2.01. The van der Waals surface area contributed by atoms with Crippen LogP contribution in [0.2, 0.25) is 0 Å². The van der Waals surface area contributed by atoms with E-state index in [-0.39, 0.29) is 0 Å². The van der Waals surface area contributed by atoms with E-state index in [1.165, 1.54) is 12.0 Å². The minimum absolute atomic E-state index is 0.690. The predicted octanol–water partition coefficient (Wildman–Crippen LogP) is 2.61. The molecule has 0 bridgehead atoms. The summed E-state index contributed by atoms with van der Waals surface area (Å²) < 4.78 is 0. The zero-order valence-corrected chi connectivity index (χ0v) is 6.72. The topological polar surface area (TPSA) is 0 Å². The molecule has 0 N–H and O–H groups in total. The molecule has 0 spiro atoms. The van der Waals surface area contributed by atoms with Gasteiger partial charge in [0.2, 0.25) is 0 Å². The predicted molar refractivity (Wildman–Crippen MR) is 44.5 cm³/mol. The van der Waals surface area contributed by atoms with Crippen molar-refractivity contribution in [1.82, 2.24) is 0 Å². The smallest absolute Gasteiger partial charge is 0.00169 e. The van der Waals surface area contributed by atoms with Gasteiger partial charge in [0.25, 0.3) is 0 Å². The van der Waals surface area contributed by atoms with Gasteiger partial charge >= 0.3 is 0 Å². The zero-order valence-electron chi connectivity index (χ0n) is 6.72. The average Bonchev–Trinajstić information content (AvgIpc) is 1.85. The molecule has 0 amide bonds. The molecule has 0 heterocycles. The van der Waals surface area contributed by atoms with E-state index in [1.807, 2.05) is 0 Å². The normalized spacial score (nSPS) is 32.7. The van der Waals surface area contributed by atoms with E-state index in [4.69, 9.17) is 6.42 Å². The molecule has 0 aliphatic heterocycles. The molecule has 10 heavy (non-hydrogen) atoms. The average molecular weight is 134 g/mol. The molecular formula is C10H14. The number of hydrogen-bond donors (Lipinski definition) is 0. The van der Waals surface area contributed by atoms with Gasteiger partial charge < -0.3 is 0 Å². The van der Waals surface area contributed by atoms with Crippen molar-refractivity contribution in [3.05, 3.63) is 11.6 Å². The fourth-order valence-electron chi connectivity index (χ4n) is 1.68. The molecule has 0 aromatic rings. The molecule has 1 rings (SSSR count). The first-order valence-corrected chi connectivity index (χ1v) is 3.89. The number of allylic oxidation sites excluding steroid dienone is 2. The van der Waals surface area contributed by atoms with E-state index < -0.39 is 0 Å². The third-order valence-corrected chi connectivity index (χ3v) is 2.01. The van der Waals surface area contributed by atoms with Crippen LogP contribution >= 0.6 is 0 Å². The lowest BCUT2D eigenvalue weighted by atomic mass is 9.85. The lowest BCUT2D eigenvalue weighted by Crippen LogP contribution is -2.08. The Morgan fingerprint density at radius 2 is 2.30 bits per heavy atom. The molecule has 0 saturated carbocycles. The van der Waals surface area contributed by atoms with Crippen LogP contribution in [0.3, 0.4) is 0 Å². The Labute approximate surface area is 63.3 Å². The van der Waals surface area contributed by atoms with E-state index in [0.29, 0.717) is 5.92 Å². The van der Waals surface area contributed by atoms with Gasteiger partial charge in [-0.05, 0) is 30.3 Å². The summed E-state index contributed by atoms with van der Waals surface area (Å²) in [5.41, 5.74) is 1.20. The van der Waals surface area contributed by atoms with Crippen LogP contribution in [0.15, 0.2) is 11.6 Å². The van der Waals surface area contributed by atoms with Crippen LogP contribution in [0, 0.1) is 24.2 Å². The van der Waals surface area contributed by atoms with Gasteiger partial charge in [0.1, 0.15) is 0 Å². The molecule has 0 saturated heterocycles. The Kier molecular flexibility index (Phi) is 2.17. The summed E-state index contributed by atoms with van der Waals surface area (Å²) in [6, 6.07) is 0. The molecule has 0 heteroatoms. The van der Waals surface area contributed by atoms with Gasteiger partial charge in [-0.15, -0.1) is 6.42 Å². The molecule has 0 aromatic heterocycles. The highest BCUT2D eigenvalue weighted by atomic mass is 14.2. The number of rotatable bonds is 0. The van der Waals surface area contributed by atoms with Crippen molar-refractivity contribution in [2.75, 3.05) is 0 Å². The number of terminal acetylenes is 1. The van der Waals surface area contributed by atoms with Crippen molar-refractivity contribution >= 4 is 0 Å². The van der Waals surface area contributed by atoms with Crippen molar-refractivity contribution in [1.29, 1.82) is 0 Å². The van der Waals surface area contributed by atoms with E-state index in [9.17, 15) is 0 Å². The molecule has 0 nitrogen and oxygen atoms in total. The molecule has 2 unspecified atom stereocenters. The van der Waals surface area contributed by atoms with Gasteiger partial charge in [0, 0.05) is 0 Å². The molecule has 1 aliphatic rings. The Morgan fingerprint density at radius 1 is 1.60 bits per heavy atom. The van der Waals surface area contributed by atoms with Crippen LogP contribution in [0.1, 0.15) is 26.7 Å². The van der Waals surface area contributed by atoms with E-state index in [2.05, 4.69) is 25.8 Å². The molecule has 2 atom stereocenters. The fraction of sp³-hybridized carbons (Fsp3) is 0.600. The monoisotopic (exact) mass is 134 g/mol. The summed E-state index contributed by atoms with van der Waals surface area (Å²) in [6.07, 6.45) is 9.94. The maximum absolute atomic E-state index is 5.31. The minimum Gasteiger partial charge on any atom is -0.115 e. The quantitative estimate of drug-likeness (QED) is 0.447. The second-order valence-electron chi connectivity index (χ2n) is 3.36. The van der Waals surface area contributed by atoms with Crippen molar-refractivity contribution in [3.8, 4) is 12.3 Å². The molecule has 0 fully saturated rings. The maximum Gasteiger partial charge on any atom is -0.00169 e. The summed E-state index contributed by atoms with van der Waals surface area (Å²) in [5.74, 6) is 4.20. The summed E-state index contributed by atoms with van der Waals surface area (Å²) in [6.45, 7) is 4.49. The summed E-state index contributed by atoms with van der Waals surface area (Å²) >= 11 is 0. The van der Waals surface area contributed by atoms with Crippen LogP contribution in [-0.4, -0.2) is 0 Å². The minimum atomic E-state index is 0.690. The molecule has 0 aromatic carbocycles. The third kappa shape index (κ3) is 1.64. The largest absolute Gasteiger partial charge is 0.115 e. The Morgan fingerprint density at radius 3 is 2.80 bits per heavy atom. The maximum atomic E-state index is 5.31. The van der Waals surface area contributed by atoms with Crippen LogP contribution in [0.25, 0.3) is 0 Å². The first-order valence-electron chi connectivity index (χ1n) is 3.89. The molecular weight excluding hydrogens is 120 g/mol. The fourth-order valence-corrected chi connectivity index (χ4v) is 1.68. The van der Waals surface area contributed by atoms with Crippen LogP contribution < -0.4 is 0 Å². The highest BCUT2D eigenvalue weighted by Gasteiger charge is 2.14. The highest BCUT2D eigenvalue weighted by Crippen LogP contribution is 2.26. The van der Waals surface area contributed by atoms with Crippen LogP contribution in [-0.2, 0) is 0 Å². The van der Waals surface area contributed by atoms with E-state index >= 15 is 0 Å². The van der Waals surface area contributed by atoms with Gasteiger partial charge in [-0.3, -0.25) is 0 Å². The van der Waals surface area contributed by atoms with Gasteiger partial charge in [-0.2, -0.15) is 0 Å². The molecule has 54 valence electrons. The standard InChI is InChI=1S/C10H14/c1-4-10-6-8(2)5-9(3)7-10/h1,6,8-9H,5,7H2,2-3H3. The van der Waals surface area contributed by atoms with Crippen molar-refractivity contribution in [2.45, 2.75) is 26.7 Å². The zero-order chi connectivity index (χ0) is 7.56. The Hall–Kier alpha value is -0.700. The summed E-state index contributed by atoms with van der Waals surface area (Å²) in [7, 11) is 0. The summed E-state index contributed by atoms with van der Waals surface area (Å²) in [4.78, 5) is 0.